The molecule has 12 heteroatoms. The Morgan fingerprint density at radius 1 is 1.28 bits per heavy atom. The molecule has 39 heavy (non-hydrogen) atoms. The van der Waals surface area contributed by atoms with Gasteiger partial charge in [0.2, 0.25) is 0 Å². The van der Waals surface area contributed by atoms with Crippen molar-refractivity contribution >= 4 is 23.8 Å². The first-order chi connectivity index (χ1) is 18.4. The minimum atomic E-state index is -1.63. The minimum Gasteiger partial charge on any atom is -0.481 e. The third kappa shape index (κ3) is 4.09. The quantitative estimate of drug-likeness (QED) is 0.322. The van der Waals surface area contributed by atoms with Gasteiger partial charge in [0.1, 0.15) is 17.6 Å². The van der Waals surface area contributed by atoms with Gasteiger partial charge in [0.25, 0.3) is 5.91 Å². The summed E-state index contributed by atoms with van der Waals surface area (Å²) in [4.78, 5) is 50.3. The molecule has 2 aliphatic heterocycles. The largest absolute Gasteiger partial charge is 0.481 e. The van der Waals surface area contributed by atoms with E-state index >= 15 is 0 Å². The van der Waals surface area contributed by atoms with E-state index in [2.05, 4.69) is 10.2 Å². The van der Waals surface area contributed by atoms with Gasteiger partial charge < -0.3 is 39.7 Å². The topological polar surface area (TPSA) is 172 Å². The van der Waals surface area contributed by atoms with Crippen molar-refractivity contribution in [3.05, 3.63) is 40.7 Å². The lowest BCUT2D eigenvalue weighted by atomic mass is 9.50. The van der Waals surface area contributed by atoms with Crippen molar-refractivity contribution in [1.29, 1.82) is 0 Å². The van der Waals surface area contributed by atoms with Crippen LogP contribution in [-0.4, -0.2) is 87.5 Å². The molecule has 4 aliphatic rings. The molecule has 5 rings (SSSR count). The maximum absolute atomic E-state index is 13.0. The number of aliphatic hydroxyl groups is 2. The summed E-state index contributed by atoms with van der Waals surface area (Å²) in [5, 5.41) is 34.0. The number of piperidine rings is 1. The molecule has 0 saturated carbocycles. The molecule has 1 spiro atoms. The van der Waals surface area contributed by atoms with E-state index in [0.29, 0.717) is 30.7 Å². The number of aliphatic hydroxyl groups excluding tert-OH is 1. The number of amides is 1. The molecule has 1 fully saturated rings. The van der Waals surface area contributed by atoms with Crippen molar-refractivity contribution in [3.63, 3.8) is 0 Å². The van der Waals surface area contributed by atoms with Gasteiger partial charge in [0.15, 0.2) is 12.2 Å². The van der Waals surface area contributed by atoms with E-state index < -0.39 is 59.5 Å². The van der Waals surface area contributed by atoms with Crippen LogP contribution in [0, 0.1) is 0 Å². The number of ether oxygens (including phenoxy) is 3. The summed E-state index contributed by atoms with van der Waals surface area (Å²) in [6, 6.07) is 1.92. The first-order valence-electron chi connectivity index (χ1n) is 12.9. The van der Waals surface area contributed by atoms with Gasteiger partial charge in [-0.1, -0.05) is 12.1 Å². The zero-order chi connectivity index (χ0) is 28.3. The molecule has 1 saturated heterocycles. The zero-order valence-corrected chi connectivity index (χ0v) is 21.9. The van der Waals surface area contributed by atoms with Crippen LogP contribution in [-0.2, 0) is 47.1 Å². The van der Waals surface area contributed by atoms with Gasteiger partial charge in [-0.3, -0.25) is 14.4 Å². The van der Waals surface area contributed by atoms with Gasteiger partial charge in [-0.05, 0) is 45.0 Å². The van der Waals surface area contributed by atoms with Crippen molar-refractivity contribution in [2.45, 2.75) is 81.4 Å². The maximum atomic E-state index is 13.0. The van der Waals surface area contributed by atoms with Crippen LogP contribution in [0.5, 0.6) is 5.75 Å². The second-order valence-corrected chi connectivity index (χ2v) is 10.7. The number of aliphatic carboxylic acids is 1. The summed E-state index contributed by atoms with van der Waals surface area (Å²) < 4.78 is 16.8. The summed E-state index contributed by atoms with van der Waals surface area (Å²) in [6.45, 7) is 2.80. The highest BCUT2D eigenvalue weighted by Crippen LogP contribution is 2.64. The summed E-state index contributed by atoms with van der Waals surface area (Å²) in [5.41, 5.74) is 0.287. The smallest absolute Gasteiger partial charge is 0.326 e. The minimum absolute atomic E-state index is 0.157. The van der Waals surface area contributed by atoms with Crippen molar-refractivity contribution < 1.29 is 48.7 Å². The molecule has 12 nitrogen and oxygen atoms in total. The molecule has 6 atom stereocenters. The van der Waals surface area contributed by atoms with Crippen LogP contribution in [0.2, 0.25) is 0 Å². The number of esters is 2. The summed E-state index contributed by atoms with van der Waals surface area (Å²) in [5.74, 6) is -3.32. The third-order valence-electron chi connectivity index (χ3n) is 8.56. The maximum Gasteiger partial charge on any atom is 0.326 e. The van der Waals surface area contributed by atoms with Gasteiger partial charge in [0.05, 0.1) is 24.0 Å². The number of nitrogens with zero attached hydrogens (tertiary/aromatic N) is 1. The standard InChI is InChI=1S/C27H32N2O10/c1-13(37-14(2)31)24(33)28-17(25(34)35)11-20(32)38-18-6-7-27(36)19-10-15-4-5-16(12-30)22-21(15)26(27,23(18)39-22)8-9-29(19)3/h4-6,13,17,19,23,30,36H,7-12H2,1-3H3,(H,28,33)(H,34,35)/t13-,17-,19+,23?,26?,27+/m0/s1. The molecule has 2 bridgehead atoms. The monoisotopic (exact) mass is 544 g/mol. The fourth-order valence-corrected chi connectivity index (χ4v) is 6.76. The highest BCUT2D eigenvalue weighted by molar-refractivity contribution is 5.89. The molecule has 1 aromatic rings. The first kappa shape index (κ1) is 27.1. The van der Waals surface area contributed by atoms with Crippen LogP contribution >= 0.6 is 0 Å². The summed E-state index contributed by atoms with van der Waals surface area (Å²) in [7, 11) is 1.97. The van der Waals surface area contributed by atoms with Crippen LogP contribution in [0.3, 0.4) is 0 Å². The Bertz CT molecular complexity index is 1280. The van der Waals surface area contributed by atoms with E-state index in [1.165, 1.54) is 6.92 Å². The average molecular weight is 545 g/mol. The molecule has 4 N–H and O–H groups in total. The predicted molar refractivity (Wildman–Crippen MR) is 132 cm³/mol. The summed E-state index contributed by atoms with van der Waals surface area (Å²) in [6.07, 6.45) is 0.119. The molecule has 2 unspecified atom stereocenters. The van der Waals surface area contributed by atoms with Gasteiger partial charge in [-0.15, -0.1) is 0 Å². The first-order valence-corrected chi connectivity index (χ1v) is 12.9. The second-order valence-electron chi connectivity index (χ2n) is 10.7. The fraction of sp³-hybridized carbons (Fsp3) is 0.556. The molecule has 0 radical (unpaired) electrons. The average Bonchev–Trinajstić information content (AvgIpc) is 3.22. The SMILES string of the molecule is CC(=O)O[C@@H](C)C(=O)N[C@@H](CC(=O)OC1=CC[C@@]2(O)[C@H]3Cc4ccc(CO)c5c4C2(CCN3C)C1O5)C(=O)O. The lowest BCUT2D eigenvalue weighted by Gasteiger charge is -2.61. The van der Waals surface area contributed by atoms with Crippen molar-refractivity contribution in [2.75, 3.05) is 13.6 Å². The Hall–Kier alpha value is -3.48. The Labute approximate surface area is 224 Å². The molecule has 210 valence electrons. The number of carboxylic acids is 1. The number of hydrogen-bond donors (Lipinski definition) is 4. The van der Waals surface area contributed by atoms with Crippen LogP contribution in [0.1, 0.15) is 49.8 Å². The second kappa shape index (κ2) is 9.61. The summed E-state index contributed by atoms with van der Waals surface area (Å²) >= 11 is 0. The molecule has 1 amide bonds. The Morgan fingerprint density at radius 2 is 2.03 bits per heavy atom. The van der Waals surface area contributed by atoms with Gasteiger partial charge >= 0.3 is 17.9 Å². The fourth-order valence-electron chi connectivity index (χ4n) is 6.76. The van der Waals surface area contributed by atoms with E-state index in [-0.39, 0.29) is 24.8 Å². The number of carbonyl (C=O) groups is 4. The van der Waals surface area contributed by atoms with Crippen molar-refractivity contribution in [2.24, 2.45) is 0 Å². The van der Waals surface area contributed by atoms with Crippen LogP contribution in [0.15, 0.2) is 24.0 Å². The number of carboxylic acid groups (broad SMARTS) is 1. The lowest BCUT2D eigenvalue weighted by Crippen LogP contribution is -2.74. The van der Waals surface area contributed by atoms with E-state index in [9.17, 15) is 34.5 Å². The van der Waals surface area contributed by atoms with Gasteiger partial charge in [-0.25, -0.2) is 4.79 Å². The highest BCUT2D eigenvalue weighted by atomic mass is 16.6. The number of carbonyl (C=O) groups excluding carboxylic acids is 3. The Balaban J connectivity index is 1.41. The zero-order valence-electron chi connectivity index (χ0n) is 21.9. The lowest BCUT2D eigenvalue weighted by molar-refractivity contribution is -0.170. The van der Waals surface area contributed by atoms with E-state index in [1.807, 2.05) is 13.1 Å². The number of likely N-dealkylation sites (N-methyl/N-ethyl adjacent to an activating group) is 1. The number of rotatable bonds is 8. The van der Waals surface area contributed by atoms with Crippen LogP contribution < -0.4 is 10.1 Å². The Kier molecular flexibility index (Phi) is 6.68. The Morgan fingerprint density at radius 3 is 2.69 bits per heavy atom. The van der Waals surface area contributed by atoms with Crippen molar-refractivity contribution in [3.8, 4) is 5.75 Å². The van der Waals surface area contributed by atoms with Crippen LogP contribution in [0.4, 0.5) is 0 Å². The molecule has 2 heterocycles. The number of nitrogens with one attached hydrogen (secondary N) is 1. The highest BCUT2D eigenvalue weighted by Gasteiger charge is 2.71. The number of likely N-dealkylation sites (tertiary alicyclic amines) is 1. The molecule has 1 aromatic carbocycles. The van der Waals surface area contributed by atoms with Crippen LogP contribution in [0.25, 0.3) is 0 Å². The van der Waals surface area contributed by atoms with Gasteiger partial charge in [0, 0.05) is 30.5 Å². The van der Waals surface area contributed by atoms with Crippen molar-refractivity contribution in [1.82, 2.24) is 10.2 Å². The molecular weight excluding hydrogens is 512 g/mol. The predicted octanol–water partition coefficient (Wildman–Crippen LogP) is -0.0891. The van der Waals surface area contributed by atoms with E-state index in [0.717, 1.165) is 18.1 Å². The molecule has 2 aliphatic carbocycles. The molecular formula is C27H32N2O10. The number of benzene rings is 1. The van der Waals surface area contributed by atoms with E-state index in [1.54, 1.807) is 12.1 Å². The number of hydrogen-bond acceptors (Lipinski definition) is 10. The third-order valence-corrected chi connectivity index (χ3v) is 8.56. The van der Waals surface area contributed by atoms with Gasteiger partial charge in [-0.2, -0.15) is 0 Å². The normalized spacial score (nSPS) is 29.7. The molecule has 0 aromatic heterocycles. The van der Waals surface area contributed by atoms with E-state index in [4.69, 9.17) is 14.2 Å².